The smallest absolute Gasteiger partial charge is 0.0844 e. The zero-order valence-electron chi connectivity index (χ0n) is 8.50. The normalized spacial score (nSPS) is 11.1. The van der Waals surface area contributed by atoms with E-state index in [0.717, 1.165) is 17.6 Å². The van der Waals surface area contributed by atoms with Crippen molar-refractivity contribution in [2.75, 3.05) is 6.54 Å². The topological polar surface area (TPSA) is 38.9 Å². The van der Waals surface area contributed by atoms with E-state index in [0.29, 0.717) is 6.54 Å². The van der Waals surface area contributed by atoms with E-state index < -0.39 is 0 Å². The molecule has 3 heteroatoms. The molecule has 0 radical (unpaired) electrons. The van der Waals surface area contributed by atoms with Crippen LogP contribution >= 0.6 is 11.3 Å². The number of nitrogens with zero attached hydrogens (tertiary/aromatic N) is 1. The molecule has 74 valence electrons. The first kappa shape index (κ1) is 9.62. The molecule has 2 aromatic heterocycles. The van der Waals surface area contributed by atoms with Gasteiger partial charge in [-0.15, -0.1) is 11.3 Å². The number of rotatable bonds is 2. The molecule has 2 heterocycles. The van der Waals surface area contributed by atoms with Crippen LogP contribution in [-0.4, -0.2) is 11.5 Å². The summed E-state index contributed by atoms with van der Waals surface area (Å²) < 4.78 is 1.27. The number of hydrogen-bond acceptors (Lipinski definition) is 3. The van der Waals surface area contributed by atoms with E-state index in [-0.39, 0.29) is 0 Å². The molecule has 0 aliphatic carbocycles. The highest BCUT2D eigenvalue weighted by atomic mass is 32.1. The highest BCUT2D eigenvalue weighted by molar-refractivity contribution is 7.19. The van der Waals surface area contributed by atoms with E-state index in [1.165, 1.54) is 15.1 Å². The van der Waals surface area contributed by atoms with Crippen LogP contribution in [0.4, 0.5) is 0 Å². The van der Waals surface area contributed by atoms with Crippen molar-refractivity contribution in [3.8, 4) is 0 Å². The molecule has 2 rings (SSSR count). The van der Waals surface area contributed by atoms with Crippen LogP contribution in [0, 0.1) is 13.8 Å². The molecule has 0 saturated heterocycles. The Morgan fingerprint density at radius 1 is 1.36 bits per heavy atom. The summed E-state index contributed by atoms with van der Waals surface area (Å²) in [5.41, 5.74) is 9.10. The zero-order chi connectivity index (χ0) is 10.1. The van der Waals surface area contributed by atoms with Crippen LogP contribution in [0.3, 0.4) is 0 Å². The molecular formula is C11H14N2S. The van der Waals surface area contributed by atoms with Crippen LogP contribution in [-0.2, 0) is 6.42 Å². The summed E-state index contributed by atoms with van der Waals surface area (Å²) in [7, 11) is 0. The Labute approximate surface area is 87.8 Å². The van der Waals surface area contributed by atoms with Crippen molar-refractivity contribution in [1.82, 2.24) is 4.98 Å². The number of nitrogens with two attached hydrogens (primary N) is 1. The number of aromatic nitrogens is 1. The van der Waals surface area contributed by atoms with Crippen LogP contribution in [0.25, 0.3) is 10.2 Å². The third kappa shape index (κ3) is 1.53. The van der Waals surface area contributed by atoms with Gasteiger partial charge in [0.2, 0.25) is 0 Å². The summed E-state index contributed by atoms with van der Waals surface area (Å²) in [6.07, 6.45) is 0.964. The predicted octanol–water partition coefficient (Wildman–Crippen LogP) is 2.41. The Morgan fingerprint density at radius 2 is 2.14 bits per heavy atom. The van der Waals surface area contributed by atoms with E-state index in [1.807, 2.05) is 18.3 Å². The number of aryl methyl sites for hydroxylation is 2. The summed E-state index contributed by atoms with van der Waals surface area (Å²) in [6, 6.07) is 4.21. The molecule has 0 fully saturated rings. The fourth-order valence-electron chi connectivity index (χ4n) is 1.61. The van der Waals surface area contributed by atoms with E-state index in [4.69, 9.17) is 5.73 Å². The SMILES string of the molecule is Cc1ccc2sc(CCN)c(C)c2n1. The highest BCUT2D eigenvalue weighted by Gasteiger charge is 2.08. The second-order valence-electron chi connectivity index (χ2n) is 3.49. The molecule has 2 nitrogen and oxygen atoms in total. The quantitative estimate of drug-likeness (QED) is 0.819. The average molecular weight is 206 g/mol. The first-order chi connectivity index (χ1) is 6.72. The van der Waals surface area contributed by atoms with Gasteiger partial charge in [-0.3, -0.25) is 4.98 Å². The van der Waals surface area contributed by atoms with Crippen molar-refractivity contribution < 1.29 is 0 Å². The molecule has 0 aliphatic heterocycles. The van der Waals surface area contributed by atoms with Gasteiger partial charge in [0.05, 0.1) is 10.2 Å². The number of fused-ring (bicyclic) bond motifs is 1. The molecule has 0 bridgehead atoms. The lowest BCUT2D eigenvalue weighted by molar-refractivity contribution is 0.980. The number of thiophene rings is 1. The average Bonchev–Trinajstić information content (AvgIpc) is 2.46. The Hall–Kier alpha value is -0.930. The van der Waals surface area contributed by atoms with Crippen LogP contribution in [0.1, 0.15) is 16.1 Å². The molecular weight excluding hydrogens is 192 g/mol. The van der Waals surface area contributed by atoms with Crippen molar-refractivity contribution in [1.29, 1.82) is 0 Å². The monoisotopic (exact) mass is 206 g/mol. The van der Waals surface area contributed by atoms with E-state index >= 15 is 0 Å². The number of pyridine rings is 1. The second kappa shape index (κ2) is 3.67. The maximum Gasteiger partial charge on any atom is 0.0844 e. The number of hydrogen-bond donors (Lipinski definition) is 1. The maximum absolute atomic E-state index is 5.57. The first-order valence-corrected chi connectivity index (χ1v) is 5.59. The summed E-state index contributed by atoms with van der Waals surface area (Å²) in [5, 5.41) is 0. The van der Waals surface area contributed by atoms with Crippen molar-refractivity contribution in [3.05, 3.63) is 28.3 Å². The molecule has 2 N–H and O–H groups in total. The molecule has 0 saturated carbocycles. The van der Waals surface area contributed by atoms with Gasteiger partial charge in [-0.05, 0) is 44.5 Å². The van der Waals surface area contributed by atoms with Gasteiger partial charge in [0.15, 0.2) is 0 Å². The Balaban J connectivity index is 2.62. The van der Waals surface area contributed by atoms with Crippen LogP contribution in [0.15, 0.2) is 12.1 Å². The third-order valence-electron chi connectivity index (χ3n) is 2.38. The van der Waals surface area contributed by atoms with Crippen LogP contribution < -0.4 is 5.73 Å². The summed E-state index contributed by atoms with van der Waals surface area (Å²) in [4.78, 5) is 5.92. The minimum atomic E-state index is 0.715. The van der Waals surface area contributed by atoms with E-state index in [1.54, 1.807) is 0 Å². The van der Waals surface area contributed by atoms with Gasteiger partial charge in [-0.25, -0.2) is 0 Å². The molecule has 0 unspecified atom stereocenters. The predicted molar refractivity (Wildman–Crippen MR) is 61.9 cm³/mol. The molecule has 0 atom stereocenters. The van der Waals surface area contributed by atoms with Gasteiger partial charge in [0.1, 0.15) is 0 Å². The summed E-state index contributed by atoms with van der Waals surface area (Å²) in [5.74, 6) is 0. The van der Waals surface area contributed by atoms with E-state index in [2.05, 4.69) is 24.0 Å². The molecule has 0 aliphatic rings. The van der Waals surface area contributed by atoms with Crippen LogP contribution in [0.5, 0.6) is 0 Å². The van der Waals surface area contributed by atoms with Crippen molar-refractivity contribution >= 4 is 21.6 Å². The fraction of sp³-hybridized carbons (Fsp3) is 0.364. The minimum absolute atomic E-state index is 0.715. The Bertz CT molecular complexity index is 460. The molecule has 2 aromatic rings. The molecule has 14 heavy (non-hydrogen) atoms. The van der Waals surface area contributed by atoms with Gasteiger partial charge in [-0.2, -0.15) is 0 Å². The highest BCUT2D eigenvalue weighted by Crippen LogP contribution is 2.29. The van der Waals surface area contributed by atoms with Gasteiger partial charge in [0.25, 0.3) is 0 Å². The Morgan fingerprint density at radius 3 is 2.86 bits per heavy atom. The van der Waals surface area contributed by atoms with Crippen molar-refractivity contribution in [3.63, 3.8) is 0 Å². The molecule has 0 aromatic carbocycles. The maximum atomic E-state index is 5.57. The minimum Gasteiger partial charge on any atom is -0.330 e. The first-order valence-electron chi connectivity index (χ1n) is 4.78. The zero-order valence-corrected chi connectivity index (χ0v) is 9.32. The summed E-state index contributed by atoms with van der Waals surface area (Å²) >= 11 is 1.81. The second-order valence-corrected chi connectivity index (χ2v) is 4.63. The third-order valence-corrected chi connectivity index (χ3v) is 3.68. The van der Waals surface area contributed by atoms with Crippen molar-refractivity contribution in [2.24, 2.45) is 5.73 Å². The largest absolute Gasteiger partial charge is 0.330 e. The van der Waals surface area contributed by atoms with Gasteiger partial charge < -0.3 is 5.73 Å². The standard InChI is InChI=1S/C11H14N2S/c1-7-3-4-10-11(13-7)8(2)9(14-10)5-6-12/h3-4H,5-6,12H2,1-2H3. The lowest BCUT2D eigenvalue weighted by Gasteiger charge is -1.95. The lowest BCUT2D eigenvalue weighted by Crippen LogP contribution is -2.01. The fourth-order valence-corrected chi connectivity index (χ4v) is 2.77. The van der Waals surface area contributed by atoms with Gasteiger partial charge in [-0.1, -0.05) is 0 Å². The Kier molecular flexibility index (Phi) is 2.52. The lowest BCUT2D eigenvalue weighted by atomic mass is 10.2. The van der Waals surface area contributed by atoms with Gasteiger partial charge in [0, 0.05) is 10.6 Å². The van der Waals surface area contributed by atoms with Crippen LogP contribution in [0.2, 0.25) is 0 Å². The van der Waals surface area contributed by atoms with Gasteiger partial charge >= 0.3 is 0 Å². The molecule has 0 amide bonds. The summed E-state index contributed by atoms with van der Waals surface area (Å²) in [6.45, 7) is 4.88. The molecule has 0 spiro atoms. The van der Waals surface area contributed by atoms with E-state index in [9.17, 15) is 0 Å². The van der Waals surface area contributed by atoms with Crippen molar-refractivity contribution in [2.45, 2.75) is 20.3 Å².